The Balaban J connectivity index is 0.000000209. The predicted octanol–water partition coefficient (Wildman–Crippen LogP) is 13.6. The van der Waals surface area contributed by atoms with Crippen molar-refractivity contribution >= 4 is 48.1 Å². The SMILES string of the molecule is CC(C)(C)c1ccc(-c2cccc3[cH-]ccc23)cc1.CCCCc1cc2c(-c3ccc(C)cc3)cccc2[cH-]1.C[Si]C.[Cl][Zr+2][Cl]. The van der Waals surface area contributed by atoms with Gasteiger partial charge >= 0.3 is 37.9 Å². The number of hydrogen-bond acceptors (Lipinski definition) is 0. The second-order valence-electron chi connectivity index (χ2n) is 12.4. The summed E-state index contributed by atoms with van der Waals surface area (Å²) in [7, 11) is 11.0. The summed E-state index contributed by atoms with van der Waals surface area (Å²) in [6, 6.07) is 42.1. The molecule has 0 heterocycles. The third-order valence-electron chi connectivity index (χ3n) is 7.73. The molecule has 6 rings (SSSR count). The fourth-order valence-electron chi connectivity index (χ4n) is 5.37. The van der Waals surface area contributed by atoms with E-state index < -0.39 is 20.8 Å². The van der Waals surface area contributed by atoms with Gasteiger partial charge in [-0.25, -0.2) is 0 Å². The molecule has 6 aromatic rings. The predicted molar refractivity (Wildman–Crippen MR) is 201 cm³/mol. The van der Waals surface area contributed by atoms with Crippen LogP contribution in [0, 0.1) is 6.92 Å². The second kappa shape index (κ2) is 18.8. The summed E-state index contributed by atoms with van der Waals surface area (Å²) in [5, 5.41) is 5.42. The minimum absolute atomic E-state index is 0.213. The quantitative estimate of drug-likeness (QED) is 0.122. The van der Waals surface area contributed by atoms with E-state index in [1.807, 2.05) is 0 Å². The normalized spacial score (nSPS) is 10.6. The minimum atomic E-state index is -0.826. The first-order valence-electron chi connectivity index (χ1n) is 15.7. The maximum absolute atomic E-state index is 4.93. The van der Waals surface area contributed by atoms with Crippen LogP contribution in [-0.4, -0.2) is 9.52 Å². The summed E-state index contributed by atoms with van der Waals surface area (Å²) < 4.78 is 0. The van der Waals surface area contributed by atoms with Gasteiger partial charge in [0, 0.05) is 9.52 Å². The van der Waals surface area contributed by atoms with Crippen molar-refractivity contribution < 1.29 is 20.8 Å². The van der Waals surface area contributed by atoms with Crippen LogP contribution in [0.2, 0.25) is 13.1 Å². The molecule has 0 N–H and O–H groups in total. The van der Waals surface area contributed by atoms with Gasteiger partial charge in [0.05, 0.1) is 0 Å². The van der Waals surface area contributed by atoms with Gasteiger partial charge in [0.2, 0.25) is 0 Å². The molecule has 0 spiro atoms. The first-order valence-corrected chi connectivity index (χ1v) is 24.0. The number of unbranched alkanes of at least 4 members (excludes halogenated alkanes) is 1. The van der Waals surface area contributed by atoms with Gasteiger partial charge in [0.15, 0.2) is 0 Å². The van der Waals surface area contributed by atoms with Crippen LogP contribution in [-0.2, 0) is 32.7 Å². The maximum atomic E-state index is 4.93. The van der Waals surface area contributed by atoms with Gasteiger partial charge in [0.25, 0.3) is 0 Å². The van der Waals surface area contributed by atoms with E-state index in [1.54, 1.807) is 0 Å². The molecule has 2 radical (unpaired) electrons. The third kappa shape index (κ3) is 10.9. The number of halogens is 2. The second-order valence-corrected chi connectivity index (χ2v) is 17.1. The molecule has 0 atom stereocenters. The molecule has 232 valence electrons. The van der Waals surface area contributed by atoms with E-state index in [0.717, 1.165) is 9.52 Å². The summed E-state index contributed by atoms with van der Waals surface area (Å²) in [6.45, 7) is 15.4. The Kier molecular flexibility index (Phi) is 15.6. The molecule has 4 heteroatoms. The van der Waals surface area contributed by atoms with E-state index in [0.29, 0.717) is 0 Å². The zero-order valence-corrected chi connectivity index (χ0v) is 32.8. The Hall–Kier alpha value is -2.22. The van der Waals surface area contributed by atoms with Gasteiger partial charge in [-0.3, -0.25) is 0 Å². The van der Waals surface area contributed by atoms with Gasteiger partial charge in [-0.15, -0.1) is 63.5 Å². The molecule has 0 unspecified atom stereocenters. The van der Waals surface area contributed by atoms with Gasteiger partial charge in [-0.1, -0.05) is 131 Å². The summed E-state index contributed by atoms with van der Waals surface area (Å²) in [5.41, 5.74) is 9.66. The first kappa shape index (κ1) is 37.2. The van der Waals surface area contributed by atoms with Crippen LogP contribution in [0.25, 0.3) is 43.8 Å². The zero-order valence-electron chi connectivity index (χ0n) is 27.8. The summed E-state index contributed by atoms with van der Waals surface area (Å²) in [5.74, 6) is 0. The van der Waals surface area contributed by atoms with Crippen molar-refractivity contribution in [2.24, 2.45) is 0 Å². The number of rotatable bonds is 5. The van der Waals surface area contributed by atoms with Crippen molar-refractivity contribution in [2.75, 3.05) is 0 Å². The molecule has 0 aliphatic carbocycles. The van der Waals surface area contributed by atoms with Crippen molar-refractivity contribution in [3.05, 3.63) is 132 Å². The van der Waals surface area contributed by atoms with Crippen LogP contribution < -0.4 is 0 Å². The first-order chi connectivity index (χ1) is 21.7. The molecule has 0 bridgehead atoms. The fourth-order valence-corrected chi connectivity index (χ4v) is 5.37. The number of benzene rings is 4. The van der Waals surface area contributed by atoms with Crippen molar-refractivity contribution in [3.8, 4) is 22.3 Å². The molecule has 0 nitrogen and oxygen atoms in total. The molecule has 45 heavy (non-hydrogen) atoms. The van der Waals surface area contributed by atoms with Crippen molar-refractivity contribution in [1.29, 1.82) is 0 Å². The Morgan fingerprint density at radius 2 is 1.27 bits per heavy atom. The topological polar surface area (TPSA) is 0 Å². The monoisotopic (exact) mass is 726 g/mol. The van der Waals surface area contributed by atoms with E-state index in [9.17, 15) is 0 Å². The zero-order chi connectivity index (χ0) is 32.8. The molecular weight excluding hydrogens is 683 g/mol. The van der Waals surface area contributed by atoms with Crippen LogP contribution in [0.4, 0.5) is 0 Å². The number of aryl methyl sites for hydroxylation is 2. The Bertz CT molecular complexity index is 1700. The Morgan fingerprint density at radius 3 is 1.82 bits per heavy atom. The van der Waals surface area contributed by atoms with Gasteiger partial charge in [-0.05, 0) is 35.4 Å². The van der Waals surface area contributed by atoms with Crippen LogP contribution in [0.1, 0.15) is 57.2 Å². The average Bonchev–Trinajstić information content (AvgIpc) is 3.68. The Labute approximate surface area is 293 Å². The van der Waals surface area contributed by atoms with E-state index in [2.05, 4.69) is 163 Å². The van der Waals surface area contributed by atoms with Crippen LogP contribution in [0.15, 0.2) is 115 Å². The molecule has 0 fully saturated rings. The molecule has 0 saturated heterocycles. The fraction of sp³-hybridized carbons (Fsp3) is 0.268. The van der Waals surface area contributed by atoms with Gasteiger partial charge < -0.3 is 0 Å². The van der Waals surface area contributed by atoms with Crippen LogP contribution in [0.5, 0.6) is 0 Å². The van der Waals surface area contributed by atoms with Crippen molar-refractivity contribution in [1.82, 2.24) is 0 Å². The standard InChI is InChI=1S/C20H21.C19H19.C2H6Si.2ClH.Zr/c1-3-4-6-16-13-18-7-5-8-19(20(18)14-16)17-11-9-15(2)10-12-17;1-19(2,3)16-12-10-15(11-13-16)18-9-5-7-14-6-4-8-17(14)18;1-3-2;;;/h5,7-14H,3-4,6H2,1-2H3;4-13H,1-3H3;1-2H3;2*1H;/q2*-1;;;;+4/p-2. The third-order valence-corrected chi connectivity index (χ3v) is 7.73. The van der Waals surface area contributed by atoms with Crippen LogP contribution >= 0.6 is 17.0 Å². The van der Waals surface area contributed by atoms with E-state index in [-0.39, 0.29) is 5.41 Å². The number of hydrogen-bond donors (Lipinski definition) is 0. The summed E-state index contributed by atoms with van der Waals surface area (Å²) in [6.07, 6.45) is 3.72. The molecule has 6 aromatic carbocycles. The van der Waals surface area contributed by atoms with Gasteiger partial charge in [0.1, 0.15) is 0 Å². The Morgan fingerprint density at radius 1 is 0.733 bits per heavy atom. The van der Waals surface area contributed by atoms with Crippen LogP contribution in [0.3, 0.4) is 0 Å². The molecule has 0 aliphatic heterocycles. The molecule has 0 saturated carbocycles. The average molecular weight is 729 g/mol. The van der Waals surface area contributed by atoms with E-state index in [4.69, 9.17) is 17.0 Å². The number of fused-ring (bicyclic) bond motifs is 2. The molecule has 0 aromatic heterocycles. The van der Waals surface area contributed by atoms with E-state index in [1.165, 1.54) is 79.8 Å². The molecule has 0 amide bonds. The van der Waals surface area contributed by atoms with Crippen molar-refractivity contribution in [2.45, 2.75) is 72.4 Å². The summed E-state index contributed by atoms with van der Waals surface area (Å²) in [4.78, 5) is 0. The molecular formula is C41H46Cl2SiZr. The summed E-state index contributed by atoms with van der Waals surface area (Å²) >= 11 is -0.826. The van der Waals surface area contributed by atoms with Gasteiger partial charge in [-0.2, -0.15) is 18.2 Å². The molecule has 0 aliphatic rings. The van der Waals surface area contributed by atoms with Crippen molar-refractivity contribution in [3.63, 3.8) is 0 Å². The van der Waals surface area contributed by atoms with E-state index >= 15 is 0 Å².